The van der Waals surface area contributed by atoms with Crippen LogP contribution in [-0.2, 0) is 4.74 Å². The lowest BCUT2D eigenvalue weighted by Crippen LogP contribution is -2.47. The number of hydrogen-bond donors (Lipinski definition) is 0. The highest BCUT2D eigenvalue weighted by atomic mass is 16.5. The van der Waals surface area contributed by atoms with Gasteiger partial charge in [0.25, 0.3) is 5.91 Å². The summed E-state index contributed by atoms with van der Waals surface area (Å²) in [7, 11) is 1.68. The first-order valence-electron chi connectivity index (χ1n) is 9.59. The molecule has 0 aliphatic carbocycles. The van der Waals surface area contributed by atoms with E-state index in [1.54, 1.807) is 18.1 Å². The normalized spacial score (nSPS) is 17.5. The van der Waals surface area contributed by atoms with Crippen LogP contribution < -0.4 is 14.5 Å². The smallest absolute Gasteiger partial charge is 0.274 e. The molecule has 0 spiro atoms. The van der Waals surface area contributed by atoms with Crippen molar-refractivity contribution in [3.63, 3.8) is 0 Å². The van der Waals surface area contributed by atoms with Crippen molar-refractivity contribution in [1.82, 2.24) is 15.1 Å². The molecule has 2 aliphatic heterocycles. The molecule has 0 bridgehead atoms. The number of aromatic nitrogens is 2. The van der Waals surface area contributed by atoms with Crippen LogP contribution in [0, 0.1) is 0 Å². The van der Waals surface area contributed by atoms with Gasteiger partial charge in [-0.05, 0) is 36.4 Å². The van der Waals surface area contributed by atoms with E-state index in [-0.39, 0.29) is 5.91 Å². The summed E-state index contributed by atoms with van der Waals surface area (Å²) in [5.74, 6) is 1.60. The fourth-order valence-electron chi connectivity index (χ4n) is 3.52. The lowest BCUT2D eigenvalue weighted by atomic mass is 10.2. The van der Waals surface area contributed by atoms with Gasteiger partial charge >= 0.3 is 0 Å². The second-order valence-corrected chi connectivity index (χ2v) is 6.85. The molecular formula is C20H25N5O3. The molecule has 28 heavy (non-hydrogen) atoms. The lowest BCUT2D eigenvalue weighted by molar-refractivity contribution is 0.0298. The van der Waals surface area contributed by atoms with E-state index < -0.39 is 0 Å². The summed E-state index contributed by atoms with van der Waals surface area (Å²) in [6.07, 6.45) is 0. The van der Waals surface area contributed by atoms with Gasteiger partial charge < -0.3 is 24.2 Å². The molecule has 0 N–H and O–H groups in total. The maximum atomic E-state index is 12.5. The standard InChI is InChI=1S/C20H25N5O3/c1-27-17-4-2-16(3-5-17)23-8-10-24(11-9-23)19-7-6-18(21-22-19)20(26)25-12-14-28-15-13-25/h2-7H,8-15H2,1H3. The van der Waals surface area contributed by atoms with E-state index in [1.807, 2.05) is 18.2 Å². The monoisotopic (exact) mass is 383 g/mol. The van der Waals surface area contributed by atoms with Crippen LogP contribution in [0.1, 0.15) is 10.5 Å². The SMILES string of the molecule is COc1ccc(N2CCN(c3ccc(C(=O)N4CCOCC4)nn3)CC2)cc1. The van der Waals surface area contributed by atoms with Crippen molar-refractivity contribution in [1.29, 1.82) is 0 Å². The maximum Gasteiger partial charge on any atom is 0.274 e. The van der Waals surface area contributed by atoms with E-state index in [2.05, 4.69) is 32.1 Å². The fourth-order valence-corrected chi connectivity index (χ4v) is 3.52. The third-order valence-corrected chi connectivity index (χ3v) is 5.21. The molecule has 148 valence electrons. The van der Waals surface area contributed by atoms with Crippen molar-refractivity contribution in [2.75, 3.05) is 69.4 Å². The zero-order valence-electron chi connectivity index (χ0n) is 16.1. The Bertz CT molecular complexity index is 782. The van der Waals surface area contributed by atoms with Crippen molar-refractivity contribution in [2.24, 2.45) is 0 Å². The predicted molar refractivity (Wildman–Crippen MR) is 106 cm³/mol. The van der Waals surface area contributed by atoms with Crippen LogP contribution in [0.25, 0.3) is 0 Å². The van der Waals surface area contributed by atoms with Crippen molar-refractivity contribution in [3.8, 4) is 5.75 Å². The first kappa shape index (κ1) is 18.5. The highest BCUT2D eigenvalue weighted by Crippen LogP contribution is 2.22. The number of methoxy groups -OCH3 is 1. The molecule has 0 saturated carbocycles. The van der Waals surface area contributed by atoms with Gasteiger partial charge in [0.2, 0.25) is 0 Å². The maximum absolute atomic E-state index is 12.5. The number of piperazine rings is 1. The molecular weight excluding hydrogens is 358 g/mol. The quantitative estimate of drug-likeness (QED) is 0.788. The number of carbonyl (C=O) groups excluding carboxylic acids is 1. The van der Waals surface area contributed by atoms with Crippen LogP contribution in [0.5, 0.6) is 5.75 Å². The Morgan fingerprint density at radius 1 is 0.893 bits per heavy atom. The van der Waals surface area contributed by atoms with E-state index in [1.165, 1.54) is 5.69 Å². The minimum Gasteiger partial charge on any atom is -0.497 e. The largest absolute Gasteiger partial charge is 0.497 e. The minimum absolute atomic E-state index is 0.0772. The van der Waals surface area contributed by atoms with Crippen LogP contribution >= 0.6 is 0 Å². The van der Waals surface area contributed by atoms with E-state index in [0.717, 1.165) is 37.7 Å². The number of hydrogen-bond acceptors (Lipinski definition) is 7. The Hall–Kier alpha value is -2.87. The van der Waals surface area contributed by atoms with Crippen LogP contribution in [0.3, 0.4) is 0 Å². The molecule has 0 atom stereocenters. The summed E-state index contributed by atoms with van der Waals surface area (Å²) in [6, 6.07) is 11.8. The average Bonchev–Trinajstić information content (AvgIpc) is 2.79. The molecule has 1 amide bonds. The van der Waals surface area contributed by atoms with E-state index in [0.29, 0.717) is 32.0 Å². The summed E-state index contributed by atoms with van der Waals surface area (Å²) in [5, 5.41) is 8.47. The fraction of sp³-hybridized carbons (Fsp3) is 0.450. The summed E-state index contributed by atoms with van der Waals surface area (Å²) in [6.45, 7) is 5.90. The molecule has 2 aromatic rings. The number of nitrogens with zero attached hydrogens (tertiary/aromatic N) is 5. The van der Waals surface area contributed by atoms with Crippen molar-refractivity contribution in [2.45, 2.75) is 0 Å². The molecule has 1 aromatic heterocycles. The minimum atomic E-state index is -0.0772. The first-order valence-corrected chi connectivity index (χ1v) is 9.59. The van der Waals surface area contributed by atoms with Gasteiger partial charge in [0, 0.05) is 45.0 Å². The third kappa shape index (κ3) is 4.01. The number of carbonyl (C=O) groups is 1. The van der Waals surface area contributed by atoms with Crippen molar-refractivity contribution in [3.05, 3.63) is 42.1 Å². The molecule has 0 radical (unpaired) electrons. The number of ether oxygens (including phenoxy) is 2. The highest BCUT2D eigenvalue weighted by Gasteiger charge is 2.22. The summed E-state index contributed by atoms with van der Waals surface area (Å²) in [4.78, 5) is 18.8. The molecule has 3 heterocycles. The van der Waals surface area contributed by atoms with Gasteiger partial charge in [-0.1, -0.05) is 0 Å². The second-order valence-electron chi connectivity index (χ2n) is 6.85. The molecule has 0 unspecified atom stereocenters. The summed E-state index contributed by atoms with van der Waals surface area (Å²) >= 11 is 0. The van der Waals surface area contributed by atoms with Crippen LogP contribution in [0.4, 0.5) is 11.5 Å². The zero-order valence-corrected chi connectivity index (χ0v) is 16.1. The van der Waals surface area contributed by atoms with Crippen molar-refractivity contribution < 1.29 is 14.3 Å². The Morgan fingerprint density at radius 2 is 1.57 bits per heavy atom. The average molecular weight is 383 g/mol. The van der Waals surface area contributed by atoms with Crippen molar-refractivity contribution >= 4 is 17.4 Å². The number of amides is 1. The molecule has 2 saturated heterocycles. The first-order chi connectivity index (χ1) is 13.7. The topological polar surface area (TPSA) is 71.0 Å². The number of morpholine rings is 1. The van der Waals surface area contributed by atoms with Crippen LogP contribution in [0.15, 0.2) is 36.4 Å². The number of anilines is 2. The molecule has 4 rings (SSSR count). The molecule has 2 aliphatic rings. The van der Waals surface area contributed by atoms with Gasteiger partial charge in [-0.2, -0.15) is 0 Å². The number of rotatable bonds is 4. The van der Waals surface area contributed by atoms with Gasteiger partial charge in [0.1, 0.15) is 5.75 Å². The molecule has 1 aromatic carbocycles. The van der Waals surface area contributed by atoms with Crippen LogP contribution in [-0.4, -0.2) is 80.6 Å². The molecule has 2 fully saturated rings. The Balaban J connectivity index is 1.34. The van der Waals surface area contributed by atoms with Gasteiger partial charge in [-0.15, -0.1) is 10.2 Å². The summed E-state index contributed by atoms with van der Waals surface area (Å²) < 4.78 is 10.5. The van der Waals surface area contributed by atoms with E-state index >= 15 is 0 Å². The zero-order chi connectivity index (χ0) is 19.3. The Morgan fingerprint density at radius 3 is 2.18 bits per heavy atom. The highest BCUT2D eigenvalue weighted by molar-refractivity contribution is 5.92. The van der Waals surface area contributed by atoms with Gasteiger partial charge in [0.05, 0.1) is 20.3 Å². The van der Waals surface area contributed by atoms with Gasteiger partial charge in [0.15, 0.2) is 11.5 Å². The predicted octanol–water partition coefficient (Wildman–Crippen LogP) is 1.28. The Labute approximate surface area is 164 Å². The molecule has 8 nitrogen and oxygen atoms in total. The van der Waals surface area contributed by atoms with Crippen LogP contribution in [0.2, 0.25) is 0 Å². The third-order valence-electron chi connectivity index (χ3n) is 5.21. The second kappa shape index (κ2) is 8.43. The van der Waals surface area contributed by atoms with E-state index in [9.17, 15) is 4.79 Å². The number of benzene rings is 1. The summed E-state index contributed by atoms with van der Waals surface area (Å²) in [5.41, 5.74) is 1.58. The van der Waals surface area contributed by atoms with Gasteiger partial charge in [-0.25, -0.2) is 0 Å². The van der Waals surface area contributed by atoms with Gasteiger partial charge in [-0.3, -0.25) is 4.79 Å². The van der Waals surface area contributed by atoms with E-state index in [4.69, 9.17) is 9.47 Å². The lowest BCUT2D eigenvalue weighted by Gasteiger charge is -2.36. The Kier molecular flexibility index (Phi) is 5.57. The molecule has 8 heteroatoms.